The van der Waals surface area contributed by atoms with Gasteiger partial charge in [-0.25, -0.2) is 9.97 Å². The molecule has 2 aromatic heterocycles. The highest BCUT2D eigenvalue weighted by molar-refractivity contribution is 9.10. The molecule has 0 fully saturated rings. The zero-order valence-electron chi connectivity index (χ0n) is 9.55. The number of pyridine rings is 1. The van der Waals surface area contributed by atoms with E-state index >= 15 is 0 Å². The first-order chi connectivity index (χ1) is 8.81. The lowest BCUT2D eigenvalue weighted by Crippen LogP contribution is -1.96. The van der Waals surface area contributed by atoms with Gasteiger partial charge >= 0.3 is 0 Å². The van der Waals surface area contributed by atoms with Crippen molar-refractivity contribution < 1.29 is 0 Å². The van der Waals surface area contributed by atoms with Crippen LogP contribution in [0.5, 0.6) is 0 Å². The van der Waals surface area contributed by atoms with Crippen molar-refractivity contribution in [3.8, 4) is 0 Å². The summed E-state index contributed by atoms with van der Waals surface area (Å²) in [6, 6.07) is 14.1. The van der Waals surface area contributed by atoms with E-state index in [9.17, 15) is 0 Å². The van der Waals surface area contributed by atoms with E-state index in [1.54, 1.807) is 6.33 Å². The summed E-state index contributed by atoms with van der Waals surface area (Å²) in [5.41, 5.74) is 2.99. The number of para-hydroxylation sites is 1. The summed E-state index contributed by atoms with van der Waals surface area (Å²) in [5.74, 6) is 0. The molecule has 2 heterocycles. The standard InChI is InChI=1S/C14H10BrN3/c15-14-8-12(16-9-17-14)7-11-6-5-10-3-1-2-4-13(10)18-11/h1-6,8-9H,7H2. The average Bonchev–Trinajstić information content (AvgIpc) is 2.39. The van der Waals surface area contributed by atoms with Crippen molar-refractivity contribution in [1.29, 1.82) is 0 Å². The molecule has 0 saturated carbocycles. The van der Waals surface area contributed by atoms with Gasteiger partial charge in [0, 0.05) is 17.5 Å². The Kier molecular flexibility index (Phi) is 3.02. The third-order valence-corrected chi connectivity index (χ3v) is 3.14. The van der Waals surface area contributed by atoms with E-state index < -0.39 is 0 Å². The lowest BCUT2D eigenvalue weighted by atomic mass is 10.1. The van der Waals surface area contributed by atoms with Gasteiger partial charge in [0.2, 0.25) is 0 Å². The Morgan fingerprint density at radius 3 is 2.72 bits per heavy atom. The Hall–Kier alpha value is -1.81. The molecule has 0 N–H and O–H groups in total. The molecule has 88 valence electrons. The maximum absolute atomic E-state index is 4.62. The van der Waals surface area contributed by atoms with Gasteiger partial charge in [-0.15, -0.1) is 0 Å². The predicted molar refractivity (Wildman–Crippen MR) is 74.3 cm³/mol. The van der Waals surface area contributed by atoms with E-state index in [0.717, 1.165) is 26.9 Å². The summed E-state index contributed by atoms with van der Waals surface area (Å²) in [5, 5.41) is 1.16. The first-order valence-electron chi connectivity index (χ1n) is 5.62. The van der Waals surface area contributed by atoms with Crippen molar-refractivity contribution in [3.63, 3.8) is 0 Å². The number of hydrogen-bond donors (Lipinski definition) is 0. The Labute approximate surface area is 113 Å². The molecule has 0 spiro atoms. The Morgan fingerprint density at radius 2 is 1.83 bits per heavy atom. The van der Waals surface area contributed by atoms with Crippen LogP contribution < -0.4 is 0 Å². The van der Waals surface area contributed by atoms with Crippen LogP contribution in [0.15, 0.2) is 53.4 Å². The van der Waals surface area contributed by atoms with Gasteiger partial charge in [-0.05, 0) is 34.1 Å². The van der Waals surface area contributed by atoms with Crippen LogP contribution >= 0.6 is 15.9 Å². The molecule has 0 aliphatic carbocycles. The SMILES string of the molecule is Brc1cc(Cc2ccc3ccccc3n2)ncn1. The van der Waals surface area contributed by atoms with E-state index in [1.807, 2.05) is 30.3 Å². The molecule has 0 radical (unpaired) electrons. The van der Waals surface area contributed by atoms with Crippen molar-refractivity contribution in [2.45, 2.75) is 6.42 Å². The predicted octanol–water partition coefficient (Wildman–Crippen LogP) is 3.38. The molecule has 18 heavy (non-hydrogen) atoms. The lowest BCUT2D eigenvalue weighted by molar-refractivity contribution is 0.986. The largest absolute Gasteiger partial charge is 0.252 e. The molecule has 0 unspecified atom stereocenters. The topological polar surface area (TPSA) is 38.7 Å². The molecule has 3 rings (SSSR count). The normalized spacial score (nSPS) is 10.7. The van der Waals surface area contributed by atoms with Gasteiger partial charge in [-0.3, -0.25) is 4.98 Å². The fraction of sp³-hybridized carbons (Fsp3) is 0.0714. The molecule has 0 aliphatic heterocycles. The smallest absolute Gasteiger partial charge is 0.116 e. The fourth-order valence-corrected chi connectivity index (χ4v) is 2.21. The van der Waals surface area contributed by atoms with E-state index in [0.29, 0.717) is 6.42 Å². The van der Waals surface area contributed by atoms with Crippen molar-refractivity contribution in [3.05, 3.63) is 64.8 Å². The van der Waals surface area contributed by atoms with Gasteiger partial charge in [0.15, 0.2) is 0 Å². The zero-order chi connectivity index (χ0) is 12.4. The van der Waals surface area contributed by atoms with Crippen LogP contribution in [0.1, 0.15) is 11.4 Å². The van der Waals surface area contributed by atoms with Gasteiger partial charge in [0.25, 0.3) is 0 Å². The van der Waals surface area contributed by atoms with E-state index in [1.165, 1.54) is 0 Å². The molecule has 0 amide bonds. The molecule has 3 nitrogen and oxygen atoms in total. The van der Waals surface area contributed by atoms with Gasteiger partial charge < -0.3 is 0 Å². The van der Waals surface area contributed by atoms with Crippen LogP contribution in [0, 0.1) is 0 Å². The maximum atomic E-state index is 4.62. The zero-order valence-corrected chi connectivity index (χ0v) is 11.1. The summed E-state index contributed by atoms with van der Waals surface area (Å²) in [6.07, 6.45) is 2.27. The Bertz CT molecular complexity index is 697. The van der Waals surface area contributed by atoms with E-state index in [-0.39, 0.29) is 0 Å². The highest BCUT2D eigenvalue weighted by Crippen LogP contribution is 2.14. The van der Waals surface area contributed by atoms with Crippen molar-refractivity contribution >= 4 is 26.8 Å². The van der Waals surface area contributed by atoms with Crippen LogP contribution in [0.25, 0.3) is 10.9 Å². The minimum Gasteiger partial charge on any atom is -0.252 e. The van der Waals surface area contributed by atoms with Crippen LogP contribution in [0.4, 0.5) is 0 Å². The Morgan fingerprint density at radius 1 is 0.944 bits per heavy atom. The second-order valence-corrected chi connectivity index (χ2v) is 4.82. The summed E-state index contributed by atoms with van der Waals surface area (Å²) >= 11 is 3.34. The number of nitrogens with zero attached hydrogens (tertiary/aromatic N) is 3. The third kappa shape index (κ3) is 2.38. The summed E-state index contributed by atoms with van der Waals surface area (Å²) in [6.45, 7) is 0. The van der Waals surface area contributed by atoms with Gasteiger partial charge in [-0.1, -0.05) is 24.3 Å². The molecular weight excluding hydrogens is 290 g/mol. The fourth-order valence-electron chi connectivity index (χ4n) is 1.86. The van der Waals surface area contributed by atoms with Gasteiger partial charge in [-0.2, -0.15) is 0 Å². The van der Waals surface area contributed by atoms with Crippen LogP contribution in [0.2, 0.25) is 0 Å². The van der Waals surface area contributed by atoms with Crippen LogP contribution in [-0.4, -0.2) is 15.0 Å². The van der Waals surface area contributed by atoms with Gasteiger partial charge in [0.1, 0.15) is 10.9 Å². The first kappa shape index (κ1) is 11.3. The highest BCUT2D eigenvalue weighted by atomic mass is 79.9. The van der Waals surface area contributed by atoms with Crippen LogP contribution in [-0.2, 0) is 6.42 Å². The molecule has 4 heteroatoms. The van der Waals surface area contributed by atoms with Gasteiger partial charge in [0.05, 0.1) is 11.2 Å². The third-order valence-electron chi connectivity index (χ3n) is 2.71. The Balaban J connectivity index is 1.95. The monoisotopic (exact) mass is 299 g/mol. The quantitative estimate of drug-likeness (QED) is 0.681. The van der Waals surface area contributed by atoms with Crippen molar-refractivity contribution in [2.24, 2.45) is 0 Å². The molecule has 1 aromatic carbocycles. The van der Waals surface area contributed by atoms with Crippen molar-refractivity contribution in [2.75, 3.05) is 0 Å². The number of hydrogen-bond acceptors (Lipinski definition) is 3. The summed E-state index contributed by atoms with van der Waals surface area (Å²) in [4.78, 5) is 12.9. The number of rotatable bonds is 2. The van der Waals surface area contributed by atoms with Crippen LogP contribution in [0.3, 0.4) is 0 Å². The number of aromatic nitrogens is 3. The first-order valence-corrected chi connectivity index (χ1v) is 6.42. The van der Waals surface area contributed by atoms with E-state index in [2.05, 4.69) is 43.0 Å². The van der Waals surface area contributed by atoms with Crippen molar-refractivity contribution in [1.82, 2.24) is 15.0 Å². The molecular formula is C14H10BrN3. The molecule has 0 bridgehead atoms. The average molecular weight is 300 g/mol. The second-order valence-electron chi connectivity index (χ2n) is 4.00. The number of halogens is 1. The minimum atomic E-state index is 0.714. The minimum absolute atomic E-state index is 0.714. The summed E-state index contributed by atoms with van der Waals surface area (Å²) < 4.78 is 0.799. The molecule has 0 saturated heterocycles. The summed E-state index contributed by atoms with van der Waals surface area (Å²) in [7, 11) is 0. The molecule has 3 aromatic rings. The maximum Gasteiger partial charge on any atom is 0.116 e. The number of fused-ring (bicyclic) bond motifs is 1. The molecule has 0 atom stereocenters. The number of benzene rings is 1. The van der Waals surface area contributed by atoms with E-state index in [4.69, 9.17) is 0 Å². The molecule has 0 aliphatic rings. The lowest BCUT2D eigenvalue weighted by Gasteiger charge is -2.03. The highest BCUT2D eigenvalue weighted by Gasteiger charge is 2.02. The second kappa shape index (κ2) is 4.82.